The predicted octanol–water partition coefficient (Wildman–Crippen LogP) is 0.138. The van der Waals surface area contributed by atoms with Gasteiger partial charge in [-0.15, -0.1) is 0 Å². The van der Waals surface area contributed by atoms with E-state index in [1.807, 2.05) is 18.3 Å². The first-order chi connectivity index (χ1) is 8.22. The van der Waals surface area contributed by atoms with E-state index in [1.54, 1.807) is 6.20 Å². The van der Waals surface area contributed by atoms with Gasteiger partial charge in [-0.1, -0.05) is 6.07 Å². The molecule has 0 saturated heterocycles. The minimum Gasteiger partial charge on any atom is -0.469 e. The molecule has 0 bridgehead atoms. The number of hydrogen-bond acceptors (Lipinski definition) is 5. The maximum atomic E-state index is 10.9. The number of ether oxygens (including phenoxy) is 1. The summed E-state index contributed by atoms with van der Waals surface area (Å²) in [6, 6.07) is 3.89. The lowest BCUT2D eigenvalue weighted by atomic mass is 10.2. The molecule has 1 rings (SSSR count). The minimum atomic E-state index is -0.698. The molecule has 1 atom stereocenters. The van der Waals surface area contributed by atoms with Gasteiger partial charge >= 0.3 is 5.97 Å². The third-order valence-corrected chi connectivity index (χ3v) is 2.32. The van der Waals surface area contributed by atoms with Gasteiger partial charge in [-0.05, 0) is 24.6 Å². The smallest absolute Gasteiger partial charge is 0.308 e. The van der Waals surface area contributed by atoms with Crippen LogP contribution in [-0.2, 0) is 16.0 Å². The zero-order valence-electron chi connectivity index (χ0n) is 9.93. The number of carbonyl (C=O) groups is 1. The van der Waals surface area contributed by atoms with Crippen molar-refractivity contribution in [1.82, 2.24) is 10.3 Å². The van der Waals surface area contributed by atoms with Gasteiger partial charge < -0.3 is 15.2 Å². The van der Waals surface area contributed by atoms with E-state index in [1.165, 1.54) is 7.11 Å². The molecule has 0 radical (unpaired) electrons. The van der Waals surface area contributed by atoms with Crippen LogP contribution in [-0.4, -0.2) is 42.4 Å². The monoisotopic (exact) mass is 238 g/mol. The normalized spacial score (nSPS) is 12.1. The molecule has 0 aliphatic carbocycles. The maximum absolute atomic E-state index is 10.9. The Balaban J connectivity index is 2.10. The number of nitrogens with zero attached hydrogens (tertiary/aromatic N) is 1. The standard InChI is InChI=1S/C12H18N2O3/c1-17-12(16)7-11(15)9-14-6-4-10-3-2-5-13-8-10/h2-3,5,8,11,14-15H,4,6-7,9H2,1H3. The molecular weight excluding hydrogens is 220 g/mol. The minimum absolute atomic E-state index is 0.0242. The number of methoxy groups -OCH3 is 1. The largest absolute Gasteiger partial charge is 0.469 e. The molecule has 0 aliphatic heterocycles. The number of aromatic nitrogens is 1. The second-order valence-corrected chi connectivity index (χ2v) is 3.75. The van der Waals surface area contributed by atoms with Crippen molar-refractivity contribution in [1.29, 1.82) is 0 Å². The Hall–Kier alpha value is -1.46. The first kappa shape index (κ1) is 13.6. The fourth-order valence-electron chi connectivity index (χ4n) is 1.40. The van der Waals surface area contributed by atoms with E-state index in [-0.39, 0.29) is 6.42 Å². The quantitative estimate of drug-likeness (QED) is 0.522. The molecule has 0 aliphatic rings. The number of aliphatic hydroxyl groups excluding tert-OH is 1. The molecule has 0 saturated carbocycles. The summed E-state index contributed by atoms with van der Waals surface area (Å²) >= 11 is 0. The van der Waals surface area contributed by atoms with E-state index in [0.717, 1.165) is 18.5 Å². The Labute approximate surface area is 101 Å². The van der Waals surface area contributed by atoms with Crippen molar-refractivity contribution in [3.63, 3.8) is 0 Å². The lowest BCUT2D eigenvalue weighted by Gasteiger charge is -2.10. The van der Waals surface area contributed by atoms with Crippen LogP contribution in [0.3, 0.4) is 0 Å². The second-order valence-electron chi connectivity index (χ2n) is 3.75. The van der Waals surface area contributed by atoms with E-state index >= 15 is 0 Å². The summed E-state index contributed by atoms with van der Waals surface area (Å²) in [5.41, 5.74) is 1.14. The molecule has 94 valence electrons. The van der Waals surface area contributed by atoms with Crippen molar-refractivity contribution in [3.8, 4) is 0 Å². The van der Waals surface area contributed by atoms with Gasteiger partial charge in [0.15, 0.2) is 0 Å². The SMILES string of the molecule is COC(=O)CC(O)CNCCc1cccnc1. The Kier molecular flexibility index (Phi) is 6.21. The molecule has 0 fully saturated rings. The summed E-state index contributed by atoms with van der Waals surface area (Å²) in [6.45, 7) is 1.12. The van der Waals surface area contributed by atoms with Crippen LogP contribution in [0, 0.1) is 0 Å². The van der Waals surface area contributed by atoms with Crippen molar-refractivity contribution >= 4 is 5.97 Å². The van der Waals surface area contributed by atoms with Gasteiger partial charge in [0.2, 0.25) is 0 Å². The highest BCUT2D eigenvalue weighted by Gasteiger charge is 2.09. The van der Waals surface area contributed by atoms with Crippen LogP contribution in [0.25, 0.3) is 0 Å². The molecule has 5 heteroatoms. The number of pyridine rings is 1. The Morgan fingerprint density at radius 2 is 2.47 bits per heavy atom. The summed E-state index contributed by atoms with van der Waals surface area (Å²) in [6.07, 6.45) is 3.72. The summed E-state index contributed by atoms with van der Waals surface area (Å²) in [5, 5.41) is 12.5. The number of hydrogen-bond donors (Lipinski definition) is 2. The van der Waals surface area contributed by atoms with Crippen LogP contribution in [0.5, 0.6) is 0 Å². The zero-order chi connectivity index (χ0) is 12.5. The van der Waals surface area contributed by atoms with Crippen molar-refractivity contribution in [2.75, 3.05) is 20.2 Å². The van der Waals surface area contributed by atoms with Crippen LogP contribution in [0.1, 0.15) is 12.0 Å². The second kappa shape index (κ2) is 7.76. The lowest BCUT2D eigenvalue weighted by molar-refractivity contribution is -0.142. The molecule has 1 aromatic heterocycles. The van der Waals surface area contributed by atoms with Gasteiger partial charge in [0.25, 0.3) is 0 Å². The van der Waals surface area contributed by atoms with Crippen molar-refractivity contribution < 1.29 is 14.6 Å². The van der Waals surface area contributed by atoms with Crippen LogP contribution in [0.2, 0.25) is 0 Å². The summed E-state index contributed by atoms with van der Waals surface area (Å²) in [4.78, 5) is 14.9. The zero-order valence-corrected chi connectivity index (χ0v) is 9.93. The number of aliphatic hydroxyl groups is 1. The summed E-state index contributed by atoms with van der Waals surface area (Å²) in [5.74, 6) is -0.397. The molecule has 5 nitrogen and oxygen atoms in total. The number of carbonyl (C=O) groups excluding carboxylic acids is 1. The maximum Gasteiger partial charge on any atom is 0.308 e. The first-order valence-electron chi connectivity index (χ1n) is 5.57. The summed E-state index contributed by atoms with van der Waals surface area (Å²) in [7, 11) is 1.31. The van der Waals surface area contributed by atoms with Crippen molar-refractivity contribution in [2.24, 2.45) is 0 Å². The molecular formula is C12H18N2O3. The van der Waals surface area contributed by atoms with E-state index in [0.29, 0.717) is 6.54 Å². The molecule has 0 aromatic carbocycles. The van der Waals surface area contributed by atoms with Crippen LogP contribution in [0.15, 0.2) is 24.5 Å². The Morgan fingerprint density at radius 3 is 3.12 bits per heavy atom. The Morgan fingerprint density at radius 1 is 1.65 bits per heavy atom. The molecule has 1 aromatic rings. The molecule has 1 heterocycles. The molecule has 17 heavy (non-hydrogen) atoms. The highest BCUT2D eigenvalue weighted by atomic mass is 16.5. The molecule has 2 N–H and O–H groups in total. The van der Waals surface area contributed by atoms with Gasteiger partial charge in [0.1, 0.15) is 0 Å². The number of nitrogens with one attached hydrogen (secondary N) is 1. The van der Waals surface area contributed by atoms with E-state index in [4.69, 9.17) is 0 Å². The number of rotatable bonds is 7. The average Bonchev–Trinajstić information content (AvgIpc) is 2.36. The predicted molar refractivity (Wildman–Crippen MR) is 63.5 cm³/mol. The molecule has 0 spiro atoms. The molecule has 1 unspecified atom stereocenters. The van der Waals surface area contributed by atoms with E-state index < -0.39 is 12.1 Å². The van der Waals surface area contributed by atoms with Gasteiger partial charge in [0.05, 0.1) is 19.6 Å². The summed E-state index contributed by atoms with van der Waals surface area (Å²) < 4.78 is 4.46. The van der Waals surface area contributed by atoms with Gasteiger partial charge in [0, 0.05) is 18.9 Å². The third-order valence-electron chi connectivity index (χ3n) is 2.32. The highest BCUT2D eigenvalue weighted by molar-refractivity contribution is 5.69. The topological polar surface area (TPSA) is 71.5 Å². The number of esters is 1. The van der Waals surface area contributed by atoms with Crippen molar-refractivity contribution in [2.45, 2.75) is 18.9 Å². The highest BCUT2D eigenvalue weighted by Crippen LogP contribution is 1.96. The van der Waals surface area contributed by atoms with Gasteiger partial charge in [-0.2, -0.15) is 0 Å². The molecule has 0 amide bonds. The van der Waals surface area contributed by atoms with Crippen LogP contribution >= 0.6 is 0 Å². The van der Waals surface area contributed by atoms with E-state index in [2.05, 4.69) is 15.0 Å². The van der Waals surface area contributed by atoms with Crippen LogP contribution < -0.4 is 5.32 Å². The van der Waals surface area contributed by atoms with Gasteiger partial charge in [-0.3, -0.25) is 9.78 Å². The Bertz CT molecular complexity index is 330. The van der Waals surface area contributed by atoms with Gasteiger partial charge in [-0.25, -0.2) is 0 Å². The average molecular weight is 238 g/mol. The van der Waals surface area contributed by atoms with Crippen molar-refractivity contribution in [3.05, 3.63) is 30.1 Å². The fraction of sp³-hybridized carbons (Fsp3) is 0.500. The first-order valence-corrected chi connectivity index (χ1v) is 5.57. The van der Waals surface area contributed by atoms with E-state index in [9.17, 15) is 9.90 Å². The third kappa shape index (κ3) is 5.99. The van der Waals surface area contributed by atoms with Crippen LogP contribution in [0.4, 0.5) is 0 Å². The lowest BCUT2D eigenvalue weighted by Crippen LogP contribution is -2.30. The fourth-order valence-corrected chi connectivity index (χ4v) is 1.40.